The van der Waals surface area contributed by atoms with Gasteiger partial charge in [-0.3, -0.25) is 4.57 Å². The maximum Gasteiger partial charge on any atom is 0.207 e. The van der Waals surface area contributed by atoms with Gasteiger partial charge in [0.05, 0.1) is 11.4 Å². The maximum atomic E-state index is 6.11. The molecule has 0 atom stereocenters. The third kappa shape index (κ3) is 1.78. The van der Waals surface area contributed by atoms with E-state index < -0.39 is 0 Å². The van der Waals surface area contributed by atoms with Crippen LogP contribution in [0.5, 0.6) is 0 Å². The Kier molecular flexibility index (Phi) is 2.88. The Morgan fingerprint density at radius 2 is 2.06 bits per heavy atom. The molecular weight excluding hydrogens is 222 g/mol. The molecule has 0 aliphatic carbocycles. The zero-order chi connectivity index (χ0) is 11.7. The fourth-order valence-corrected chi connectivity index (χ4v) is 1.88. The van der Waals surface area contributed by atoms with Gasteiger partial charge in [0.15, 0.2) is 0 Å². The van der Waals surface area contributed by atoms with Gasteiger partial charge < -0.3 is 5.32 Å². The van der Waals surface area contributed by atoms with Crippen molar-refractivity contribution < 1.29 is 0 Å². The van der Waals surface area contributed by atoms with Crippen molar-refractivity contribution in [3.05, 3.63) is 40.7 Å². The summed E-state index contributed by atoms with van der Waals surface area (Å²) < 4.78 is 2.01. The highest BCUT2D eigenvalue weighted by atomic mass is 35.5. The van der Waals surface area contributed by atoms with E-state index in [1.807, 2.05) is 49.9 Å². The molecule has 3 nitrogen and oxygen atoms in total. The van der Waals surface area contributed by atoms with E-state index in [1.165, 1.54) is 0 Å². The number of imidazole rings is 1. The molecule has 0 aliphatic rings. The normalized spacial score (nSPS) is 10.5. The quantitative estimate of drug-likeness (QED) is 0.867. The van der Waals surface area contributed by atoms with Gasteiger partial charge in [-0.05, 0) is 31.5 Å². The molecule has 2 rings (SSSR count). The predicted molar refractivity (Wildman–Crippen MR) is 67.6 cm³/mol. The molecule has 1 heterocycles. The smallest absolute Gasteiger partial charge is 0.207 e. The molecule has 4 heteroatoms. The molecule has 2 aromatic rings. The summed E-state index contributed by atoms with van der Waals surface area (Å²) in [6, 6.07) is 5.87. The Balaban J connectivity index is 2.62. The highest BCUT2D eigenvalue weighted by Gasteiger charge is 2.09. The van der Waals surface area contributed by atoms with Gasteiger partial charge in [-0.2, -0.15) is 0 Å². The average Bonchev–Trinajstić information content (AvgIpc) is 2.63. The second-order valence-corrected chi connectivity index (χ2v) is 4.12. The third-order valence-electron chi connectivity index (χ3n) is 2.55. The van der Waals surface area contributed by atoms with Crippen LogP contribution in [0.25, 0.3) is 5.69 Å². The second-order valence-electron chi connectivity index (χ2n) is 3.71. The van der Waals surface area contributed by atoms with Crippen LogP contribution >= 0.6 is 11.6 Å². The molecule has 84 valence electrons. The second kappa shape index (κ2) is 4.18. The van der Waals surface area contributed by atoms with E-state index in [0.29, 0.717) is 0 Å². The number of nitrogens with zero attached hydrogens (tertiary/aromatic N) is 2. The van der Waals surface area contributed by atoms with E-state index in [9.17, 15) is 0 Å². The number of anilines is 1. The van der Waals surface area contributed by atoms with Crippen LogP contribution in [-0.4, -0.2) is 16.6 Å². The van der Waals surface area contributed by atoms with Crippen molar-refractivity contribution in [3.63, 3.8) is 0 Å². The molecule has 0 amide bonds. The Labute approximate surface area is 100 Å². The standard InChI is InChI=1S/C12H14ClN3/c1-8-7-16(12(14-3)15-8)11-6-4-5-10(13)9(11)2/h4-7H,1-3H3,(H,14,15). The van der Waals surface area contributed by atoms with E-state index in [4.69, 9.17) is 11.6 Å². The Morgan fingerprint density at radius 3 is 2.75 bits per heavy atom. The summed E-state index contributed by atoms with van der Waals surface area (Å²) in [6.45, 7) is 3.98. The lowest BCUT2D eigenvalue weighted by Crippen LogP contribution is -2.02. The number of benzene rings is 1. The SMILES string of the molecule is CNc1nc(C)cn1-c1cccc(Cl)c1C. The van der Waals surface area contributed by atoms with E-state index in [0.717, 1.165) is 27.9 Å². The highest BCUT2D eigenvalue weighted by Crippen LogP contribution is 2.24. The van der Waals surface area contributed by atoms with Gasteiger partial charge in [-0.15, -0.1) is 0 Å². The molecule has 1 N–H and O–H groups in total. The van der Waals surface area contributed by atoms with Crippen molar-refractivity contribution in [1.29, 1.82) is 0 Å². The number of aromatic nitrogens is 2. The third-order valence-corrected chi connectivity index (χ3v) is 2.96. The minimum absolute atomic E-state index is 0.769. The molecule has 16 heavy (non-hydrogen) atoms. The zero-order valence-electron chi connectivity index (χ0n) is 9.58. The Hall–Kier alpha value is -1.48. The molecule has 1 aromatic heterocycles. The van der Waals surface area contributed by atoms with Gasteiger partial charge in [0.25, 0.3) is 0 Å². The minimum atomic E-state index is 0.769. The summed E-state index contributed by atoms with van der Waals surface area (Å²) in [5.41, 5.74) is 3.08. The van der Waals surface area contributed by atoms with Crippen molar-refractivity contribution in [1.82, 2.24) is 9.55 Å². The topological polar surface area (TPSA) is 29.9 Å². The minimum Gasteiger partial charge on any atom is -0.358 e. The van der Waals surface area contributed by atoms with E-state index >= 15 is 0 Å². The monoisotopic (exact) mass is 235 g/mol. The van der Waals surface area contributed by atoms with Crippen molar-refractivity contribution in [2.45, 2.75) is 13.8 Å². The molecule has 0 aliphatic heterocycles. The number of aryl methyl sites for hydroxylation is 1. The van der Waals surface area contributed by atoms with Gasteiger partial charge in [0.1, 0.15) is 0 Å². The Morgan fingerprint density at radius 1 is 1.31 bits per heavy atom. The number of halogens is 1. The molecule has 0 saturated carbocycles. The molecule has 0 spiro atoms. The van der Waals surface area contributed by atoms with Crippen molar-refractivity contribution in [2.24, 2.45) is 0 Å². The zero-order valence-corrected chi connectivity index (χ0v) is 10.3. The lowest BCUT2D eigenvalue weighted by atomic mass is 10.2. The molecule has 0 unspecified atom stereocenters. The highest BCUT2D eigenvalue weighted by molar-refractivity contribution is 6.31. The van der Waals surface area contributed by atoms with Gasteiger partial charge >= 0.3 is 0 Å². The van der Waals surface area contributed by atoms with Gasteiger partial charge in [-0.1, -0.05) is 17.7 Å². The molecular formula is C12H14ClN3. The first-order valence-corrected chi connectivity index (χ1v) is 5.50. The average molecular weight is 236 g/mol. The summed E-state index contributed by atoms with van der Waals surface area (Å²) in [5, 5.41) is 3.84. The van der Waals surface area contributed by atoms with Crippen LogP contribution in [0, 0.1) is 13.8 Å². The van der Waals surface area contributed by atoms with Gasteiger partial charge in [-0.25, -0.2) is 4.98 Å². The van der Waals surface area contributed by atoms with Crippen LogP contribution in [0.15, 0.2) is 24.4 Å². The first-order valence-electron chi connectivity index (χ1n) is 5.12. The van der Waals surface area contributed by atoms with Crippen LogP contribution in [0.2, 0.25) is 5.02 Å². The van der Waals surface area contributed by atoms with Crippen LogP contribution in [0.3, 0.4) is 0 Å². The van der Waals surface area contributed by atoms with E-state index in [-0.39, 0.29) is 0 Å². The molecule has 0 bridgehead atoms. The van der Waals surface area contributed by atoms with Crippen LogP contribution in [0.4, 0.5) is 5.95 Å². The fourth-order valence-electron chi connectivity index (χ4n) is 1.71. The predicted octanol–water partition coefficient (Wildman–Crippen LogP) is 3.18. The largest absolute Gasteiger partial charge is 0.358 e. The summed E-state index contributed by atoms with van der Waals surface area (Å²) in [4.78, 5) is 4.39. The van der Waals surface area contributed by atoms with Crippen molar-refractivity contribution in [3.8, 4) is 5.69 Å². The Bertz CT molecular complexity index is 517. The van der Waals surface area contributed by atoms with Crippen LogP contribution < -0.4 is 5.32 Å². The molecule has 0 fully saturated rings. The van der Waals surface area contributed by atoms with Crippen LogP contribution in [-0.2, 0) is 0 Å². The molecule has 0 saturated heterocycles. The maximum absolute atomic E-state index is 6.11. The first-order chi connectivity index (χ1) is 7.63. The van der Waals surface area contributed by atoms with E-state index in [2.05, 4.69) is 10.3 Å². The summed E-state index contributed by atoms with van der Waals surface area (Å²) in [6.07, 6.45) is 1.99. The summed E-state index contributed by atoms with van der Waals surface area (Å²) in [7, 11) is 1.86. The number of rotatable bonds is 2. The van der Waals surface area contributed by atoms with Crippen molar-refractivity contribution >= 4 is 17.5 Å². The van der Waals surface area contributed by atoms with Gasteiger partial charge in [0, 0.05) is 18.3 Å². The summed E-state index contributed by atoms with van der Waals surface area (Å²) in [5.74, 6) is 0.822. The molecule has 0 radical (unpaired) electrons. The van der Waals surface area contributed by atoms with Crippen molar-refractivity contribution in [2.75, 3.05) is 12.4 Å². The van der Waals surface area contributed by atoms with Gasteiger partial charge in [0.2, 0.25) is 5.95 Å². The first kappa shape index (κ1) is 11.0. The number of hydrogen-bond donors (Lipinski definition) is 1. The molecule has 1 aromatic carbocycles. The number of nitrogens with one attached hydrogen (secondary N) is 1. The summed E-state index contributed by atoms with van der Waals surface area (Å²) >= 11 is 6.11. The lowest BCUT2D eigenvalue weighted by molar-refractivity contribution is 1.04. The number of hydrogen-bond acceptors (Lipinski definition) is 2. The fraction of sp³-hybridized carbons (Fsp3) is 0.250. The lowest BCUT2D eigenvalue weighted by Gasteiger charge is -2.10. The van der Waals surface area contributed by atoms with E-state index in [1.54, 1.807) is 0 Å². The van der Waals surface area contributed by atoms with Crippen LogP contribution in [0.1, 0.15) is 11.3 Å².